The Balaban J connectivity index is 2.92. The molecule has 0 aromatic carbocycles. The molecule has 0 aliphatic heterocycles. The Morgan fingerprint density at radius 2 is 2.36 bits per heavy atom. The van der Waals surface area contributed by atoms with Crippen LogP contribution in [-0.4, -0.2) is 15.6 Å². The van der Waals surface area contributed by atoms with Crippen LogP contribution in [0.5, 0.6) is 0 Å². The fourth-order valence-electron chi connectivity index (χ4n) is 1.30. The quantitative estimate of drug-likeness (QED) is 0.527. The van der Waals surface area contributed by atoms with E-state index in [1.807, 2.05) is 0 Å². The summed E-state index contributed by atoms with van der Waals surface area (Å²) in [5.74, 6) is 0.0831. The second-order valence-electron chi connectivity index (χ2n) is 3.03. The van der Waals surface area contributed by atoms with E-state index in [1.165, 1.54) is 0 Å². The molecule has 74 valence electrons. The first-order valence-corrected chi connectivity index (χ1v) is 4.49. The molecule has 3 nitrogen and oxygen atoms in total. The van der Waals surface area contributed by atoms with Crippen LogP contribution in [0.4, 0.5) is 0 Å². The molecule has 0 spiro atoms. The smallest absolute Gasteiger partial charge is 0.181 e. The molecule has 0 unspecified atom stereocenters. The lowest BCUT2D eigenvalue weighted by Gasteiger charge is -2.01. The van der Waals surface area contributed by atoms with Gasteiger partial charge < -0.3 is 0 Å². The summed E-state index contributed by atoms with van der Waals surface area (Å²) in [6.45, 7) is 7.23. The van der Waals surface area contributed by atoms with E-state index >= 15 is 0 Å². The highest BCUT2D eigenvalue weighted by Crippen LogP contribution is 2.12. The SMILES string of the molecule is C=CCCC(=O)c1c(C=C)cnn1C. The fourth-order valence-corrected chi connectivity index (χ4v) is 1.30. The van der Waals surface area contributed by atoms with Crippen LogP contribution in [-0.2, 0) is 7.05 Å². The molecule has 0 saturated heterocycles. The number of hydrogen-bond acceptors (Lipinski definition) is 2. The van der Waals surface area contributed by atoms with Crippen LogP contribution >= 0.6 is 0 Å². The van der Waals surface area contributed by atoms with E-state index in [-0.39, 0.29) is 5.78 Å². The zero-order valence-corrected chi connectivity index (χ0v) is 8.36. The topological polar surface area (TPSA) is 34.9 Å². The molecule has 0 aliphatic carbocycles. The molecule has 1 heterocycles. The summed E-state index contributed by atoms with van der Waals surface area (Å²) in [6, 6.07) is 0. The maximum atomic E-state index is 11.7. The van der Waals surface area contributed by atoms with Crippen molar-refractivity contribution in [3.63, 3.8) is 0 Å². The van der Waals surface area contributed by atoms with Gasteiger partial charge in [-0.15, -0.1) is 6.58 Å². The Labute approximate surface area is 83.7 Å². The number of nitrogens with zero attached hydrogens (tertiary/aromatic N) is 2. The molecular weight excluding hydrogens is 176 g/mol. The van der Waals surface area contributed by atoms with Crippen LogP contribution < -0.4 is 0 Å². The second-order valence-corrected chi connectivity index (χ2v) is 3.03. The summed E-state index contributed by atoms with van der Waals surface area (Å²) in [5, 5.41) is 4.02. The molecule has 1 rings (SSSR count). The predicted molar refractivity (Wildman–Crippen MR) is 57.1 cm³/mol. The first-order valence-electron chi connectivity index (χ1n) is 4.49. The van der Waals surface area contributed by atoms with Gasteiger partial charge in [0.15, 0.2) is 5.78 Å². The normalized spacial score (nSPS) is 9.79. The minimum absolute atomic E-state index is 0.0831. The standard InChI is InChI=1S/C11H14N2O/c1-4-6-7-10(14)11-9(5-2)8-12-13(11)3/h4-5,8H,1-2,6-7H2,3H3. The second kappa shape index (κ2) is 4.56. The molecule has 0 aliphatic rings. The number of allylic oxidation sites excluding steroid dienone is 1. The van der Waals surface area contributed by atoms with Crippen molar-refractivity contribution >= 4 is 11.9 Å². The van der Waals surface area contributed by atoms with Gasteiger partial charge in [-0.3, -0.25) is 9.48 Å². The first kappa shape index (κ1) is 10.4. The average molecular weight is 190 g/mol. The molecule has 0 atom stereocenters. The minimum Gasteiger partial charge on any atom is -0.292 e. The van der Waals surface area contributed by atoms with Crippen molar-refractivity contribution in [1.82, 2.24) is 9.78 Å². The van der Waals surface area contributed by atoms with Gasteiger partial charge in [-0.05, 0) is 6.42 Å². The molecule has 0 saturated carbocycles. The molecule has 0 fully saturated rings. The van der Waals surface area contributed by atoms with Crippen LogP contribution in [0.2, 0.25) is 0 Å². The summed E-state index contributed by atoms with van der Waals surface area (Å²) in [7, 11) is 1.76. The van der Waals surface area contributed by atoms with E-state index < -0.39 is 0 Å². The van der Waals surface area contributed by atoms with Crippen LogP contribution in [0, 0.1) is 0 Å². The number of carbonyl (C=O) groups is 1. The Morgan fingerprint density at radius 1 is 1.64 bits per heavy atom. The van der Waals surface area contributed by atoms with Crippen molar-refractivity contribution in [3.05, 3.63) is 36.7 Å². The third-order valence-corrected chi connectivity index (χ3v) is 2.03. The van der Waals surface area contributed by atoms with Crippen LogP contribution in [0.25, 0.3) is 6.08 Å². The Kier molecular flexibility index (Phi) is 3.40. The number of aryl methyl sites for hydroxylation is 1. The zero-order chi connectivity index (χ0) is 10.6. The van der Waals surface area contributed by atoms with E-state index in [2.05, 4.69) is 18.3 Å². The highest BCUT2D eigenvalue weighted by molar-refractivity contribution is 5.97. The monoisotopic (exact) mass is 190 g/mol. The van der Waals surface area contributed by atoms with Crippen molar-refractivity contribution in [2.24, 2.45) is 7.05 Å². The number of ketones is 1. The number of carbonyl (C=O) groups excluding carboxylic acids is 1. The predicted octanol–water partition coefficient (Wildman–Crippen LogP) is 2.21. The first-order chi connectivity index (χ1) is 6.70. The largest absolute Gasteiger partial charge is 0.292 e. The zero-order valence-electron chi connectivity index (χ0n) is 8.36. The summed E-state index contributed by atoms with van der Waals surface area (Å²) in [4.78, 5) is 11.7. The van der Waals surface area contributed by atoms with Gasteiger partial charge >= 0.3 is 0 Å². The number of rotatable bonds is 5. The van der Waals surface area contributed by atoms with Gasteiger partial charge in [0, 0.05) is 19.0 Å². The molecule has 0 N–H and O–H groups in total. The van der Waals surface area contributed by atoms with Crippen LogP contribution in [0.15, 0.2) is 25.4 Å². The maximum absolute atomic E-state index is 11.7. The lowest BCUT2D eigenvalue weighted by Crippen LogP contribution is -2.07. The summed E-state index contributed by atoms with van der Waals surface area (Å²) < 4.78 is 1.59. The molecule has 0 bridgehead atoms. The Morgan fingerprint density at radius 3 is 2.93 bits per heavy atom. The lowest BCUT2D eigenvalue weighted by molar-refractivity contribution is 0.0974. The van der Waals surface area contributed by atoms with E-state index in [4.69, 9.17) is 0 Å². The lowest BCUT2D eigenvalue weighted by atomic mass is 10.1. The van der Waals surface area contributed by atoms with E-state index in [1.54, 1.807) is 30.1 Å². The fraction of sp³-hybridized carbons (Fsp3) is 0.273. The van der Waals surface area contributed by atoms with Crippen molar-refractivity contribution < 1.29 is 4.79 Å². The van der Waals surface area contributed by atoms with Gasteiger partial charge in [0.1, 0.15) is 5.69 Å². The van der Waals surface area contributed by atoms with Crippen molar-refractivity contribution in [2.75, 3.05) is 0 Å². The maximum Gasteiger partial charge on any atom is 0.181 e. The Bertz CT molecular complexity index is 363. The molecule has 14 heavy (non-hydrogen) atoms. The summed E-state index contributed by atoms with van der Waals surface area (Å²) in [6.07, 6.45) is 6.20. The molecule has 1 aromatic rings. The number of Topliss-reactive ketones (excluding diaryl/α,β-unsaturated/α-hetero) is 1. The van der Waals surface area contributed by atoms with Gasteiger partial charge in [-0.2, -0.15) is 5.10 Å². The van der Waals surface area contributed by atoms with Crippen molar-refractivity contribution in [1.29, 1.82) is 0 Å². The van der Waals surface area contributed by atoms with Gasteiger partial charge in [-0.25, -0.2) is 0 Å². The number of hydrogen-bond donors (Lipinski definition) is 0. The highest BCUT2D eigenvalue weighted by Gasteiger charge is 2.13. The van der Waals surface area contributed by atoms with Crippen LogP contribution in [0.3, 0.4) is 0 Å². The third kappa shape index (κ3) is 1.99. The Hall–Kier alpha value is -1.64. The van der Waals surface area contributed by atoms with Gasteiger partial charge in [-0.1, -0.05) is 18.7 Å². The molecule has 3 heteroatoms. The van der Waals surface area contributed by atoms with Crippen molar-refractivity contribution in [2.45, 2.75) is 12.8 Å². The minimum atomic E-state index is 0.0831. The van der Waals surface area contributed by atoms with Gasteiger partial charge in [0.05, 0.1) is 6.20 Å². The number of aromatic nitrogens is 2. The van der Waals surface area contributed by atoms with Crippen LogP contribution in [0.1, 0.15) is 28.9 Å². The van der Waals surface area contributed by atoms with Crippen molar-refractivity contribution in [3.8, 4) is 0 Å². The summed E-state index contributed by atoms with van der Waals surface area (Å²) in [5.41, 5.74) is 1.42. The van der Waals surface area contributed by atoms with Gasteiger partial charge in [0.2, 0.25) is 0 Å². The average Bonchev–Trinajstić information content (AvgIpc) is 2.56. The molecule has 0 radical (unpaired) electrons. The molecule has 0 amide bonds. The summed E-state index contributed by atoms with van der Waals surface area (Å²) >= 11 is 0. The van der Waals surface area contributed by atoms with Gasteiger partial charge in [0.25, 0.3) is 0 Å². The molecular formula is C11H14N2O. The van der Waals surface area contributed by atoms with E-state index in [0.717, 1.165) is 5.56 Å². The molecule has 1 aromatic heterocycles. The van der Waals surface area contributed by atoms with E-state index in [9.17, 15) is 4.79 Å². The highest BCUT2D eigenvalue weighted by atomic mass is 16.1. The third-order valence-electron chi connectivity index (χ3n) is 2.03. The van der Waals surface area contributed by atoms with E-state index in [0.29, 0.717) is 18.5 Å².